The van der Waals surface area contributed by atoms with Gasteiger partial charge in [-0.2, -0.15) is 0 Å². The van der Waals surface area contributed by atoms with Crippen LogP contribution in [0, 0.1) is 0 Å². The van der Waals surface area contributed by atoms with Crippen LogP contribution in [0.2, 0.25) is 0 Å². The second-order valence-electron chi connectivity index (χ2n) is 3.48. The quantitative estimate of drug-likeness (QED) is 0.836. The van der Waals surface area contributed by atoms with Gasteiger partial charge in [-0.15, -0.1) is 0 Å². The van der Waals surface area contributed by atoms with E-state index in [-0.39, 0.29) is 5.88 Å². The summed E-state index contributed by atoms with van der Waals surface area (Å²) in [7, 11) is 1.22. The molecule has 0 unspecified atom stereocenters. The van der Waals surface area contributed by atoms with Crippen molar-refractivity contribution in [3.8, 4) is 5.88 Å². The van der Waals surface area contributed by atoms with Crippen LogP contribution in [0.1, 0.15) is 5.56 Å². The number of nitrogens with one attached hydrogen (secondary N) is 1. The summed E-state index contributed by atoms with van der Waals surface area (Å²) < 4.78 is 9.28. The van der Waals surface area contributed by atoms with E-state index in [1.807, 2.05) is 12.1 Å². The highest BCUT2D eigenvalue weighted by molar-refractivity contribution is 5.65. The first kappa shape index (κ1) is 12.7. The molecule has 2 aromatic heterocycles. The molecule has 0 bridgehead atoms. The lowest BCUT2D eigenvalue weighted by Gasteiger charge is -2.08. The van der Waals surface area contributed by atoms with Crippen molar-refractivity contribution in [1.29, 1.82) is 0 Å². The standard InChI is InChI=1S/C12H12N4O3/c1-18-12(17)19-11-10(14-6-7-15-11)16-8-9-2-4-13-5-3-9/h2-7H,8H2,1H3,(H,14,16). The molecule has 0 aromatic carbocycles. The van der Waals surface area contributed by atoms with Crippen LogP contribution >= 0.6 is 0 Å². The number of anilines is 1. The highest BCUT2D eigenvalue weighted by Gasteiger charge is 2.11. The van der Waals surface area contributed by atoms with E-state index < -0.39 is 6.16 Å². The number of pyridine rings is 1. The zero-order valence-corrected chi connectivity index (χ0v) is 10.2. The van der Waals surface area contributed by atoms with Crippen molar-refractivity contribution in [3.05, 3.63) is 42.5 Å². The predicted molar refractivity (Wildman–Crippen MR) is 66.6 cm³/mol. The summed E-state index contributed by atoms with van der Waals surface area (Å²) in [5.74, 6) is 0.438. The summed E-state index contributed by atoms with van der Waals surface area (Å²) in [6.45, 7) is 0.513. The van der Waals surface area contributed by atoms with Gasteiger partial charge >= 0.3 is 6.16 Å². The van der Waals surface area contributed by atoms with Crippen molar-refractivity contribution in [2.75, 3.05) is 12.4 Å². The van der Waals surface area contributed by atoms with E-state index in [9.17, 15) is 4.79 Å². The van der Waals surface area contributed by atoms with Gasteiger partial charge in [-0.3, -0.25) is 4.98 Å². The first-order chi connectivity index (χ1) is 9.29. The molecule has 2 heterocycles. The number of nitrogens with zero attached hydrogens (tertiary/aromatic N) is 3. The van der Waals surface area contributed by atoms with Crippen LogP contribution in [-0.4, -0.2) is 28.2 Å². The van der Waals surface area contributed by atoms with E-state index >= 15 is 0 Å². The molecule has 0 aliphatic carbocycles. The Kier molecular flexibility index (Phi) is 4.22. The van der Waals surface area contributed by atoms with Crippen molar-refractivity contribution in [3.63, 3.8) is 0 Å². The molecule has 0 atom stereocenters. The molecule has 0 saturated carbocycles. The minimum absolute atomic E-state index is 0.0726. The van der Waals surface area contributed by atoms with Gasteiger partial charge in [0.25, 0.3) is 5.88 Å². The third-order valence-electron chi connectivity index (χ3n) is 2.22. The summed E-state index contributed by atoms with van der Waals surface area (Å²) in [6.07, 6.45) is 5.47. The second-order valence-corrected chi connectivity index (χ2v) is 3.48. The first-order valence-electron chi connectivity index (χ1n) is 5.49. The molecule has 1 N–H and O–H groups in total. The lowest BCUT2D eigenvalue weighted by atomic mass is 10.3. The third-order valence-corrected chi connectivity index (χ3v) is 2.22. The normalized spacial score (nSPS) is 9.74. The van der Waals surface area contributed by atoms with E-state index in [4.69, 9.17) is 4.74 Å². The Hall–Kier alpha value is -2.70. The zero-order valence-electron chi connectivity index (χ0n) is 10.2. The van der Waals surface area contributed by atoms with E-state index in [2.05, 4.69) is 25.0 Å². The van der Waals surface area contributed by atoms with Gasteiger partial charge in [0.1, 0.15) is 0 Å². The topological polar surface area (TPSA) is 86.2 Å². The van der Waals surface area contributed by atoms with Gasteiger partial charge in [-0.1, -0.05) is 0 Å². The SMILES string of the molecule is COC(=O)Oc1nccnc1NCc1ccncc1. The number of hydrogen-bond donors (Lipinski definition) is 1. The fraction of sp³-hybridized carbons (Fsp3) is 0.167. The van der Waals surface area contributed by atoms with Gasteiger partial charge < -0.3 is 14.8 Å². The molecule has 0 aliphatic heterocycles. The molecule has 0 fully saturated rings. The van der Waals surface area contributed by atoms with Crippen LogP contribution in [0.15, 0.2) is 36.9 Å². The van der Waals surface area contributed by atoms with E-state index in [0.29, 0.717) is 12.4 Å². The predicted octanol–water partition coefficient (Wildman–Crippen LogP) is 1.63. The minimum atomic E-state index is -0.840. The molecule has 2 rings (SSSR count). The van der Waals surface area contributed by atoms with Crippen LogP contribution in [0.3, 0.4) is 0 Å². The van der Waals surface area contributed by atoms with Crippen LogP contribution in [0.25, 0.3) is 0 Å². The van der Waals surface area contributed by atoms with Crippen molar-refractivity contribution in [1.82, 2.24) is 15.0 Å². The van der Waals surface area contributed by atoms with Gasteiger partial charge in [0, 0.05) is 31.3 Å². The molecular weight excluding hydrogens is 248 g/mol. The summed E-state index contributed by atoms with van der Waals surface area (Å²) in [4.78, 5) is 23.0. The van der Waals surface area contributed by atoms with E-state index in [1.165, 1.54) is 19.5 Å². The first-order valence-corrected chi connectivity index (χ1v) is 5.49. The maximum Gasteiger partial charge on any atom is 0.515 e. The van der Waals surface area contributed by atoms with Gasteiger partial charge in [0.15, 0.2) is 5.82 Å². The Labute approximate surface area is 109 Å². The van der Waals surface area contributed by atoms with Crippen molar-refractivity contribution >= 4 is 12.0 Å². The van der Waals surface area contributed by atoms with Crippen molar-refractivity contribution < 1.29 is 14.3 Å². The molecule has 98 valence electrons. The van der Waals surface area contributed by atoms with Crippen molar-refractivity contribution in [2.45, 2.75) is 6.54 Å². The smallest absolute Gasteiger partial charge is 0.437 e. The van der Waals surface area contributed by atoms with Gasteiger partial charge in [-0.25, -0.2) is 14.8 Å². The molecule has 0 amide bonds. The van der Waals surface area contributed by atoms with Gasteiger partial charge in [-0.05, 0) is 17.7 Å². The number of carbonyl (C=O) groups excluding carboxylic acids is 1. The Morgan fingerprint density at radius 1 is 1.21 bits per heavy atom. The number of carbonyl (C=O) groups is 1. The zero-order chi connectivity index (χ0) is 13.5. The Bertz CT molecular complexity index is 548. The van der Waals surface area contributed by atoms with Gasteiger partial charge in [0.05, 0.1) is 7.11 Å². The number of aromatic nitrogens is 3. The van der Waals surface area contributed by atoms with Crippen molar-refractivity contribution in [2.24, 2.45) is 0 Å². The minimum Gasteiger partial charge on any atom is -0.437 e. The second kappa shape index (κ2) is 6.29. The molecule has 0 aliphatic rings. The maximum absolute atomic E-state index is 11.1. The summed E-state index contributed by atoms with van der Waals surface area (Å²) >= 11 is 0. The molecule has 7 heteroatoms. The van der Waals surface area contributed by atoms with Gasteiger partial charge in [0.2, 0.25) is 0 Å². The number of rotatable bonds is 4. The Morgan fingerprint density at radius 2 is 1.95 bits per heavy atom. The molecule has 0 saturated heterocycles. The maximum atomic E-state index is 11.1. The Morgan fingerprint density at radius 3 is 2.68 bits per heavy atom. The molecule has 2 aromatic rings. The molecule has 0 spiro atoms. The monoisotopic (exact) mass is 260 g/mol. The third kappa shape index (κ3) is 3.63. The summed E-state index contributed by atoms with van der Waals surface area (Å²) in [5.41, 5.74) is 1.02. The average Bonchev–Trinajstić information content (AvgIpc) is 2.47. The molecular formula is C12H12N4O3. The van der Waals surface area contributed by atoms with Crippen LogP contribution in [0.5, 0.6) is 5.88 Å². The molecule has 7 nitrogen and oxygen atoms in total. The lowest BCUT2D eigenvalue weighted by Crippen LogP contribution is -2.11. The number of hydrogen-bond acceptors (Lipinski definition) is 7. The number of methoxy groups -OCH3 is 1. The Balaban J connectivity index is 2.05. The summed E-state index contributed by atoms with van der Waals surface area (Å²) in [5, 5.41) is 3.02. The average molecular weight is 260 g/mol. The fourth-order valence-electron chi connectivity index (χ4n) is 1.33. The fourth-order valence-corrected chi connectivity index (χ4v) is 1.33. The summed E-state index contributed by atoms with van der Waals surface area (Å²) in [6, 6.07) is 3.73. The largest absolute Gasteiger partial charge is 0.515 e. The van der Waals surface area contributed by atoms with Crippen LogP contribution in [-0.2, 0) is 11.3 Å². The number of ether oxygens (including phenoxy) is 2. The lowest BCUT2D eigenvalue weighted by molar-refractivity contribution is 0.120. The molecule has 0 radical (unpaired) electrons. The highest BCUT2D eigenvalue weighted by atomic mass is 16.7. The molecule has 19 heavy (non-hydrogen) atoms. The highest BCUT2D eigenvalue weighted by Crippen LogP contribution is 2.18. The van der Waals surface area contributed by atoms with E-state index in [0.717, 1.165) is 5.56 Å². The van der Waals surface area contributed by atoms with E-state index in [1.54, 1.807) is 12.4 Å². The van der Waals surface area contributed by atoms with Crippen LogP contribution in [0.4, 0.5) is 10.6 Å². The van der Waals surface area contributed by atoms with Crippen LogP contribution < -0.4 is 10.1 Å².